The number of nitrogens with zero attached hydrogens (tertiary/aromatic N) is 2. The van der Waals surface area contributed by atoms with E-state index in [4.69, 9.17) is 11.6 Å². The van der Waals surface area contributed by atoms with Gasteiger partial charge < -0.3 is 4.90 Å². The third kappa shape index (κ3) is 3.09. The zero-order valence-corrected chi connectivity index (χ0v) is 13.9. The van der Waals surface area contributed by atoms with Crippen molar-refractivity contribution in [2.75, 3.05) is 4.90 Å². The molecular weight excluding hydrogens is 294 g/mol. The molecular formula is C18H20ClN3. The zero-order chi connectivity index (χ0) is 15.7. The van der Waals surface area contributed by atoms with Crippen LogP contribution in [0.1, 0.15) is 26.3 Å². The number of benzene rings is 2. The Morgan fingerprint density at radius 1 is 1.09 bits per heavy atom. The van der Waals surface area contributed by atoms with Crippen molar-refractivity contribution in [2.45, 2.75) is 32.9 Å². The predicted octanol–water partition coefficient (Wildman–Crippen LogP) is 5.02. The second kappa shape index (κ2) is 5.65. The summed E-state index contributed by atoms with van der Waals surface area (Å²) in [5, 5.41) is 8.99. The van der Waals surface area contributed by atoms with E-state index in [1.165, 1.54) is 11.3 Å². The molecule has 0 bridgehead atoms. The van der Waals surface area contributed by atoms with Crippen molar-refractivity contribution < 1.29 is 0 Å². The topological polar surface area (TPSA) is 31.9 Å². The van der Waals surface area contributed by atoms with Gasteiger partial charge in [-0.05, 0) is 56.7 Å². The van der Waals surface area contributed by atoms with E-state index < -0.39 is 0 Å². The molecule has 1 aromatic heterocycles. The normalized spacial score (nSPS) is 11.8. The van der Waals surface area contributed by atoms with Gasteiger partial charge in [0.2, 0.25) is 0 Å². The fraction of sp³-hybridized carbons (Fsp3) is 0.278. The number of fused-ring (bicyclic) bond motifs is 1. The summed E-state index contributed by atoms with van der Waals surface area (Å²) in [5.41, 5.74) is 3.50. The van der Waals surface area contributed by atoms with Crippen molar-refractivity contribution in [3.05, 3.63) is 59.2 Å². The Bertz CT molecular complexity index is 769. The third-order valence-corrected chi connectivity index (χ3v) is 4.05. The first kappa shape index (κ1) is 14.9. The van der Waals surface area contributed by atoms with Crippen molar-refractivity contribution in [3.63, 3.8) is 0 Å². The van der Waals surface area contributed by atoms with E-state index in [2.05, 4.69) is 66.2 Å². The Hall–Kier alpha value is -2.00. The molecule has 0 fully saturated rings. The van der Waals surface area contributed by atoms with Crippen LogP contribution in [0.15, 0.2) is 48.7 Å². The highest BCUT2D eigenvalue weighted by Crippen LogP contribution is 2.29. The van der Waals surface area contributed by atoms with Crippen molar-refractivity contribution in [3.8, 4) is 0 Å². The monoisotopic (exact) mass is 313 g/mol. The molecule has 0 spiro atoms. The first-order valence-corrected chi connectivity index (χ1v) is 7.76. The lowest BCUT2D eigenvalue weighted by Crippen LogP contribution is -2.40. The summed E-state index contributed by atoms with van der Waals surface area (Å²) >= 11 is 5.98. The average molecular weight is 314 g/mol. The lowest BCUT2D eigenvalue weighted by Gasteiger charge is -2.38. The summed E-state index contributed by atoms with van der Waals surface area (Å²) in [4.78, 5) is 2.39. The quantitative estimate of drug-likeness (QED) is 0.736. The first-order chi connectivity index (χ1) is 10.4. The van der Waals surface area contributed by atoms with Gasteiger partial charge in [0.1, 0.15) is 0 Å². The maximum Gasteiger partial charge on any atom is 0.0651 e. The van der Waals surface area contributed by atoms with Gasteiger partial charge in [-0.15, -0.1) is 0 Å². The van der Waals surface area contributed by atoms with E-state index in [1.54, 1.807) is 0 Å². The number of halogens is 1. The van der Waals surface area contributed by atoms with Gasteiger partial charge in [0.15, 0.2) is 0 Å². The maximum absolute atomic E-state index is 5.98. The van der Waals surface area contributed by atoms with Crippen molar-refractivity contribution in [2.24, 2.45) is 0 Å². The van der Waals surface area contributed by atoms with Gasteiger partial charge in [0.25, 0.3) is 0 Å². The molecule has 4 heteroatoms. The highest BCUT2D eigenvalue weighted by molar-refractivity contribution is 6.30. The second-order valence-electron chi connectivity index (χ2n) is 6.52. The highest BCUT2D eigenvalue weighted by atomic mass is 35.5. The zero-order valence-electron chi connectivity index (χ0n) is 13.1. The SMILES string of the molecule is CC(C)(C)N(Cc1ccc(Cl)cc1)c1ccc2[nH]ncc2c1. The van der Waals surface area contributed by atoms with Crippen LogP contribution >= 0.6 is 11.6 Å². The lowest BCUT2D eigenvalue weighted by atomic mass is 10.0. The molecule has 0 atom stereocenters. The fourth-order valence-corrected chi connectivity index (χ4v) is 2.71. The molecule has 2 aromatic carbocycles. The molecule has 0 saturated carbocycles. The molecule has 0 radical (unpaired) electrons. The molecule has 0 unspecified atom stereocenters. The van der Waals surface area contributed by atoms with Crippen LogP contribution in [0.5, 0.6) is 0 Å². The minimum absolute atomic E-state index is 0.0110. The Morgan fingerprint density at radius 2 is 1.82 bits per heavy atom. The van der Waals surface area contributed by atoms with Crippen LogP contribution in [0.4, 0.5) is 5.69 Å². The summed E-state index contributed by atoms with van der Waals surface area (Å²) in [6.07, 6.45) is 1.86. The number of aromatic nitrogens is 2. The molecule has 3 aromatic rings. The maximum atomic E-state index is 5.98. The van der Waals surface area contributed by atoms with Crippen LogP contribution in [-0.4, -0.2) is 15.7 Å². The van der Waals surface area contributed by atoms with Gasteiger partial charge in [-0.25, -0.2) is 0 Å². The number of H-pyrrole nitrogens is 1. The van der Waals surface area contributed by atoms with E-state index in [0.29, 0.717) is 0 Å². The van der Waals surface area contributed by atoms with Crippen LogP contribution in [0.25, 0.3) is 10.9 Å². The fourth-order valence-electron chi connectivity index (χ4n) is 2.59. The van der Waals surface area contributed by atoms with Crippen molar-refractivity contribution in [1.29, 1.82) is 0 Å². The number of nitrogens with one attached hydrogen (secondary N) is 1. The Balaban J connectivity index is 1.97. The van der Waals surface area contributed by atoms with Gasteiger partial charge in [-0.3, -0.25) is 5.10 Å². The third-order valence-electron chi connectivity index (χ3n) is 3.80. The van der Waals surface area contributed by atoms with Crippen molar-refractivity contribution in [1.82, 2.24) is 10.2 Å². The Kier molecular flexibility index (Phi) is 3.83. The van der Waals surface area contributed by atoms with Gasteiger partial charge >= 0.3 is 0 Å². The molecule has 0 aliphatic carbocycles. The number of aromatic amines is 1. The summed E-state index contributed by atoms with van der Waals surface area (Å²) in [6.45, 7) is 7.51. The molecule has 0 aliphatic rings. The molecule has 114 valence electrons. The van der Waals surface area contributed by atoms with Gasteiger partial charge in [-0.1, -0.05) is 23.7 Å². The van der Waals surface area contributed by atoms with Crippen LogP contribution in [0.2, 0.25) is 5.02 Å². The summed E-state index contributed by atoms with van der Waals surface area (Å²) in [6, 6.07) is 14.4. The average Bonchev–Trinajstić information content (AvgIpc) is 2.92. The van der Waals surface area contributed by atoms with Crippen LogP contribution < -0.4 is 4.90 Å². The minimum Gasteiger partial charge on any atom is -0.362 e. The van der Waals surface area contributed by atoms with Gasteiger partial charge in [0, 0.05) is 28.2 Å². The molecule has 0 saturated heterocycles. The van der Waals surface area contributed by atoms with Gasteiger partial charge in [0.05, 0.1) is 11.7 Å². The second-order valence-corrected chi connectivity index (χ2v) is 6.96. The predicted molar refractivity (Wildman–Crippen MR) is 93.5 cm³/mol. The molecule has 22 heavy (non-hydrogen) atoms. The van der Waals surface area contributed by atoms with E-state index in [9.17, 15) is 0 Å². The molecule has 0 aliphatic heterocycles. The van der Waals surface area contributed by atoms with E-state index >= 15 is 0 Å². The number of hydrogen-bond donors (Lipinski definition) is 1. The Labute approximate surface area is 135 Å². The van der Waals surface area contributed by atoms with E-state index in [0.717, 1.165) is 22.5 Å². The van der Waals surface area contributed by atoms with Crippen LogP contribution in [0, 0.1) is 0 Å². The lowest BCUT2D eigenvalue weighted by molar-refractivity contribution is 0.501. The molecule has 1 heterocycles. The van der Waals surface area contributed by atoms with Crippen LogP contribution in [-0.2, 0) is 6.54 Å². The minimum atomic E-state index is 0.0110. The number of rotatable bonds is 3. The molecule has 1 N–H and O–H groups in total. The highest BCUT2D eigenvalue weighted by Gasteiger charge is 2.22. The Morgan fingerprint density at radius 3 is 2.50 bits per heavy atom. The van der Waals surface area contributed by atoms with E-state index in [1.807, 2.05) is 18.3 Å². The van der Waals surface area contributed by atoms with Crippen LogP contribution in [0.3, 0.4) is 0 Å². The smallest absolute Gasteiger partial charge is 0.0651 e. The summed E-state index contributed by atoms with van der Waals surface area (Å²) in [7, 11) is 0. The number of hydrogen-bond acceptors (Lipinski definition) is 2. The first-order valence-electron chi connectivity index (χ1n) is 7.39. The standard InChI is InChI=1S/C18H20ClN3/c1-18(2,3)22(12-13-4-6-15(19)7-5-13)16-8-9-17-14(10-16)11-20-21-17/h4-11H,12H2,1-3H3,(H,20,21). The molecule has 0 amide bonds. The van der Waals surface area contributed by atoms with Crippen molar-refractivity contribution >= 4 is 28.2 Å². The van der Waals surface area contributed by atoms with E-state index in [-0.39, 0.29) is 5.54 Å². The molecule has 3 nitrogen and oxygen atoms in total. The summed E-state index contributed by atoms with van der Waals surface area (Å²) in [5.74, 6) is 0. The molecule has 3 rings (SSSR count). The largest absolute Gasteiger partial charge is 0.362 e. The number of anilines is 1. The van der Waals surface area contributed by atoms with Gasteiger partial charge in [-0.2, -0.15) is 5.10 Å². The summed E-state index contributed by atoms with van der Waals surface area (Å²) < 4.78 is 0.